The number of aromatic carboxylic acids is 1. The Hall–Kier alpha value is -2.36. The van der Waals surface area contributed by atoms with Crippen molar-refractivity contribution in [3.63, 3.8) is 0 Å². The third-order valence-corrected chi connectivity index (χ3v) is 2.98. The highest BCUT2D eigenvalue weighted by molar-refractivity contribution is 5.94. The van der Waals surface area contributed by atoms with Crippen molar-refractivity contribution in [1.29, 1.82) is 0 Å². The molecule has 4 nitrogen and oxygen atoms in total. The van der Waals surface area contributed by atoms with Crippen molar-refractivity contribution in [3.05, 3.63) is 59.4 Å². The fraction of sp³-hybridized carbons (Fsp3) is 0.200. The van der Waals surface area contributed by atoms with Gasteiger partial charge in [-0.1, -0.05) is 6.07 Å². The monoisotopic (exact) mass is 256 g/mol. The van der Waals surface area contributed by atoms with Crippen LogP contribution in [0.25, 0.3) is 0 Å². The lowest BCUT2D eigenvalue weighted by molar-refractivity contribution is 0.0698. The molecule has 2 rings (SSSR count). The van der Waals surface area contributed by atoms with Crippen LogP contribution < -0.4 is 5.32 Å². The maximum Gasteiger partial charge on any atom is 0.337 e. The standard InChI is InChI=1S/C15H16N2O2/c1-10-3-4-13(15(18)19)14(9-10)17-11(2)12-5-7-16-8-6-12/h3-9,11,17H,1-2H3,(H,18,19). The van der Waals surface area contributed by atoms with Gasteiger partial charge in [-0.05, 0) is 49.2 Å². The molecule has 1 unspecified atom stereocenters. The van der Waals surface area contributed by atoms with Gasteiger partial charge in [0.15, 0.2) is 0 Å². The third kappa shape index (κ3) is 3.10. The molecule has 0 amide bonds. The summed E-state index contributed by atoms with van der Waals surface area (Å²) >= 11 is 0. The van der Waals surface area contributed by atoms with E-state index in [2.05, 4.69) is 10.3 Å². The molecule has 1 aromatic carbocycles. The van der Waals surface area contributed by atoms with E-state index in [1.54, 1.807) is 24.5 Å². The molecule has 0 aliphatic heterocycles. The molecular formula is C15H16N2O2. The number of hydrogen-bond acceptors (Lipinski definition) is 3. The van der Waals surface area contributed by atoms with Crippen LogP contribution in [0.15, 0.2) is 42.7 Å². The molecule has 0 saturated carbocycles. The molecule has 0 saturated heterocycles. The molecule has 19 heavy (non-hydrogen) atoms. The zero-order chi connectivity index (χ0) is 13.8. The largest absolute Gasteiger partial charge is 0.478 e. The van der Waals surface area contributed by atoms with Gasteiger partial charge in [0.05, 0.1) is 5.56 Å². The van der Waals surface area contributed by atoms with Gasteiger partial charge in [-0.15, -0.1) is 0 Å². The number of rotatable bonds is 4. The lowest BCUT2D eigenvalue weighted by Gasteiger charge is -2.17. The molecule has 0 aliphatic rings. The van der Waals surface area contributed by atoms with E-state index in [1.807, 2.05) is 32.0 Å². The first-order chi connectivity index (χ1) is 9.08. The molecule has 4 heteroatoms. The molecule has 0 aliphatic carbocycles. The van der Waals surface area contributed by atoms with Crippen molar-refractivity contribution < 1.29 is 9.90 Å². The summed E-state index contributed by atoms with van der Waals surface area (Å²) in [7, 11) is 0. The molecule has 2 N–H and O–H groups in total. The van der Waals surface area contributed by atoms with E-state index in [0.717, 1.165) is 11.1 Å². The third-order valence-electron chi connectivity index (χ3n) is 2.98. The average molecular weight is 256 g/mol. The van der Waals surface area contributed by atoms with Crippen molar-refractivity contribution in [2.45, 2.75) is 19.9 Å². The van der Waals surface area contributed by atoms with E-state index in [-0.39, 0.29) is 11.6 Å². The van der Waals surface area contributed by atoms with Crippen molar-refractivity contribution in [1.82, 2.24) is 4.98 Å². The van der Waals surface area contributed by atoms with Crippen LogP contribution in [0.2, 0.25) is 0 Å². The molecule has 0 bridgehead atoms. The second kappa shape index (κ2) is 5.52. The predicted molar refractivity (Wildman–Crippen MR) is 74.4 cm³/mol. The maximum absolute atomic E-state index is 11.2. The van der Waals surface area contributed by atoms with E-state index >= 15 is 0 Å². The predicted octanol–water partition coefficient (Wildman–Crippen LogP) is 3.26. The van der Waals surface area contributed by atoms with E-state index in [9.17, 15) is 9.90 Å². The Kier molecular flexibility index (Phi) is 3.80. The van der Waals surface area contributed by atoms with Gasteiger partial charge in [-0.3, -0.25) is 4.98 Å². The minimum Gasteiger partial charge on any atom is -0.478 e. The van der Waals surface area contributed by atoms with Crippen molar-refractivity contribution in [3.8, 4) is 0 Å². The van der Waals surface area contributed by atoms with Gasteiger partial charge >= 0.3 is 5.97 Å². The van der Waals surface area contributed by atoms with Crippen molar-refractivity contribution in [2.24, 2.45) is 0 Å². The molecule has 2 aromatic rings. The minimum absolute atomic E-state index is 0.0166. The van der Waals surface area contributed by atoms with Crippen LogP contribution in [0.3, 0.4) is 0 Å². The SMILES string of the molecule is Cc1ccc(C(=O)O)c(NC(C)c2ccncc2)c1. The molecular weight excluding hydrogens is 240 g/mol. The van der Waals surface area contributed by atoms with Crippen LogP contribution in [0, 0.1) is 6.92 Å². The van der Waals surface area contributed by atoms with Crippen LogP contribution in [0.1, 0.15) is 34.5 Å². The first-order valence-corrected chi connectivity index (χ1v) is 6.08. The normalized spacial score (nSPS) is 11.9. The Labute approximate surface area is 112 Å². The fourth-order valence-electron chi connectivity index (χ4n) is 1.93. The summed E-state index contributed by atoms with van der Waals surface area (Å²) in [6.45, 7) is 3.93. The Balaban J connectivity index is 2.28. The highest BCUT2D eigenvalue weighted by atomic mass is 16.4. The summed E-state index contributed by atoms with van der Waals surface area (Å²) in [6, 6.07) is 9.11. The van der Waals surface area contributed by atoms with Crippen LogP contribution in [0.4, 0.5) is 5.69 Å². The fourth-order valence-corrected chi connectivity index (χ4v) is 1.93. The zero-order valence-corrected chi connectivity index (χ0v) is 10.9. The zero-order valence-electron chi connectivity index (χ0n) is 10.9. The Morgan fingerprint density at radius 1 is 1.26 bits per heavy atom. The first-order valence-electron chi connectivity index (χ1n) is 6.08. The number of nitrogens with zero attached hydrogens (tertiary/aromatic N) is 1. The number of aryl methyl sites for hydroxylation is 1. The second-order valence-corrected chi connectivity index (χ2v) is 4.50. The molecule has 1 heterocycles. The molecule has 1 atom stereocenters. The summed E-state index contributed by atoms with van der Waals surface area (Å²) in [5.41, 5.74) is 3.01. The van der Waals surface area contributed by atoms with Gasteiger partial charge < -0.3 is 10.4 Å². The van der Waals surface area contributed by atoms with Gasteiger partial charge in [0.1, 0.15) is 0 Å². The van der Waals surface area contributed by atoms with E-state index < -0.39 is 5.97 Å². The van der Waals surface area contributed by atoms with E-state index in [1.165, 1.54) is 0 Å². The quantitative estimate of drug-likeness (QED) is 0.881. The number of pyridine rings is 1. The van der Waals surface area contributed by atoms with Gasteiger partial charge in [0.25, 0.3) is 0 Å². The van der Waals surface area contributed by atoms with Crippen LogP contribution >= 0.6 is 0 Å². The lowest BCUT2D eigenvalue weighted by Crippen LogP contribution is -2.11. The number of carbonyl (C=O) groups is 1. The van der Waals surface area contributed by atoms with E-state index in [0.29, 0.717) is 5.69 Å². The highest BCUT2D eigenvalue weighted by Crippen LogP contribution is 2.23. The lowest BCUT2D eigenvalue weighted by atomic mass is 10.1. The topological polar surface area (TPSA) is 62.2 Å². The summed E-state index contributed by atoms with van der Waals surface area (Å²) in [5, 5.41) is 12.4. The smallest absolute Gasteiger partial charge is 0.337 e. The maximum atomic E-state index is 11.2. The summed E-state index contributed by atoms with van der Waals surface area (Å²) in [5.74, 6) is -0.926. The number of benzene rings is 1. The van der Waals surface area contributed by atoms with Crippen molar-refractivity contribution >= 4 is 11.7 Å². The number of hydrogen-bond donors (Lipinski definition) is 2. The Bertz CT molecular complexity index is 582. The van der Waals surface area contributed by atoms with Gasteiger partial charge in [-0.2, -0.15) is 0 Å². The first kappa shape index (κ1) is 13.1. The minimum atomic E-state index is -0.926. The number of carboxylic acid groups (broad SMARTS) is 1. The Morgan fingerprint density at radius 3 is 2.58 bits per heavy atom. The van der Waals surface area contributed by atoms with Crippen LogP contribution in [-0.4, -0.2) is 16.1 Å². The molecule has 0 fully saturated rings. The Morgan fingerprint density at radius 2 is 1.95 bits per heavy atom. The number of aromatic nitrogens is 1. The van der Waals surface area contributed by atoms with Gasteiger partial charge in [-0.25, -0.2) is 4.79 Å². The number of anilines is 1. The number of carboxylic acids is 1. The summed E-state index contributed by atoms with van der Waals surface area (Å²) < 4.78 is 0. The van der Waals surface area contributed by atoms with Crippen LogP contribution in [0.5, 0.6) is 0 Å². The molecule has 98 valence electrons. The van der Waals surface area contributed by atoms with E-state index in [4.69, 9.17) is 0 Å². The summed E-state index contributed by atoms with van der Waals surface area (Å²) in [4.78, 5) is 15.2. The van der Waals surface area contributed by atoms with Crippen molar-refractivity contribution in [2.75, 3.05) is 5.32 Å². The van der Waals surface area contributed by atoms with Gasteiger partial charge in [0, 0.05) is 24.1 Å². The van der Waals surface area contributed by atoms with Crippen LogP contribution in [-0.2, 0) is 0 Å². The number of nitrogens with one attached hydrogen (secondary N) is 1. The average Bonchev–Trinajstić information content (AvgIpc) is 2.39. The molecule has 1 aromatic heterocycles. The van der Waals surface area contributed by atoms with Gasteiger partial charge in [0.2, 0.25) is 0 Å². The molecule has 0 spiro atoms. The second-order valence-electron chi connectivity index (χ2n) is 4.50. The highest BCUT2D eigenvalue weighted by Gasteiger charge is 2.12. The molecule has 0 radical (unpaired) electrons. The summed E-state index contributed by atoms with van der Waals surface area (Å²) in [6.07, 6.45) is 3.45.